The van der Waals surface area contributed by atoms with Crippen LogP contribution in [0.2, 0.25) is 0 Å². The number of nitrogens with one attached hydrogen (secondary N) is 1. The van der Waals surface area contributed by atoms with E-state index < -0.39 is 0 Å². The van der Waals surface area contributed by atoms with Crippen LogP contribution in [0.25, 0.3) is 16.6 Å². The lowest BCUT2D eigenvalue weighted by atomic mass is 10.2. The van der Waals surface area contributed by atoms with Gasteiger partial charge >= 0.3 is 0 Å². The van der Waals surface area contributed by atoms with Crippen molar-refractivity contribution >= 4 is 22.3 Å². The van der Waals surface area contributed by atoms with Crippen molar-refractivity contribution in [3.05, 3.63) is 46.7 Å². The van der Waals surface area contributed by atoms with E-state index in [0.29, 0.717) is 0 Å². The van der Waals surface area contributed by atoms with Gasteiger partial charge in [-0.1, -0.05) is 6.08 Å². The maximum absolute atomic E-state index is 10.7. The van der Waals surface area contributed by atoms with Crippen molar-refractivity contribution in [2.24, 2.45) is 0 Å². The number of nitro groups is 1. The Hall–Kier alpha value is -2.14. The number of hydrogen-bond donors (Lipinski definition) is 1. The van der Waals surface area contributed by atoms with Crippen LogP contribution < -0.4 is 5.32 Å². The lowest BCUT2D eigenvalue weighted by molar-refractivity contribution is -0.384. The average Bonchev–Trinajstić information content (AvgIpc) is 2.82. The highest BCUT2D eigenvalue weighted by molar-refractivity contribution is 5.85. The van der Waals surface area contributed by atoms with Crippen LogP contribution in [0.3, 0.4) is 0 Å². The quantitative estimate of drug-likeness (QED) is 0.650. The molecule has 0 saturated carbocycles. The SMILES string of the molecule is O=[N+]([O-])c1ccc2c(ccn2C2=CCNCC2)c1. The summed E-state index contributed by atoms with van der Waals surface area (Å²) in [7, 11) is 0. The van der Waals surface area contributed by atoms with Crippen LogP contribution in [0.5, 0.6) is 0 Å². The largest absolute Gasteiger partial charge is 0.321 e. The number of hydrogen-bond acceptors (Lipinski definition) is 3. The Kier molecular flexibility index (Phi) is 2.60. The van der Waals surface area contributed by atoms with E-state index in [9.17, 15) is 10.1 Å². The molecule has 2 heterocycles. The molecule has 0 spiro atoms. The number of nitro benzene ring substituents is 1. The van der Waals surface area contributed by atoms with Gasteiger partial charge in [0.25, 0.3) is 5.69 Å². The Morgan fingerprint density at radius 2 is 2.22 bits per heavy atom. The second kappa shape index (κ2) is 4.27. The molecule has 1 aromatic carbocycles. The summed E-state index contributed by atoms with van der Waals surface area (Å²) in [6.07, 6.45) is 5.11. The summed E-state index contributed by atoms with van der Waals surface area (Å²) in [5, 5.41) is 14.9. The van der Waals surface area contributed by atoms with Gasteiger partial charge in [-0.25, -0.2) is 0 Å². The topological polar surface area (TPSA) is 60.1 Å². The third kappa shape index (κ3) is 1.78. The fraction of sp³-hybridized carbons (Fsp3) is 0.231. The molecule has 3 rings (SSSR count). The van der Waals surface area contributed by atoms with Crippen molar-refractivity contribution in [2.75, 3.05) is 13.1 Å². The van der Waals surface area contributed by atoms with Gasteiger partial charge in [0.15, 0.2) is 0 Å². The first kappa shape index (κ1) is 11.0. The molecule has 92 valence electrons. The highest BCUT2D eigenvalue weighted by atomic mass is 16.6. The molecule has 0 radical (unpaired) electrons. The molecule has 1 aliphatic heterocycles. The predicted octanol–water partition coefficient (Wildman–Crippen LogP) is 2.38. The van der Waals surface area contributed by atoms with Crippen molar-refractivity contribution in [1.29, 1.82) is 0 Å². The molecular weight excluding hydrogens is 230 g/mol. The lowest BCUT2D eigenvalue weighted by Crippen LogP contribution is -2.21. The molecule has 0 unspecified atom stereocenters. The van der Waals surface area contributed by atoms with Crippen molar-refractivity contribution in [1.82, 2.24) is 9.88 Å². The number of nitrogens with zero attached hydrogens (tertiary/aromatic N) is 2. The number of non-ortho nitro benzene ring substituents is 1. The van der Waals surface area contributed by atoms with E-state index in [1.54, 1.807) is 12.1 Å². The van der Waals surface area contributed by atoms with Crippen molar-refractivity contribution in [3.63, 3.8) is 0 Å². The number of benzene rings is 1. The number of aromatic nitrogens is 1. The Balaban J connectivity index is 2.09. The molecule has 5 heteroatoms. The Morgan fingerprint density at radius 1 is 1.33 bits per heavy atom. The summed E-state index contributed by atoms with van der Waals surface area (Å²) in [6.45, 7) is 1.85. The number of rotatable bonds is 2. The van der Waals surface area contributed by atoms with Gasteiger partial charge in [-0.15, -0.1) is 0 Å². The van der Waals surface area contributed by atoms with Crippen LogP contribution in [0.1, 0.15) is 6.42 Å². The first-order valence-corrected chi connectivity index (χ1v) is 5.91. The lowest BCUT2D eigenvalue weighted by Gasteiger charge is -2.16. The van der Waals surface area contributed by atoms with Crippen molar-refractivity contribution < 1.29 is 4.92 Å². The van der Waals surface area contributed by atoms with Gasteiger partial charge in [0, 0.05) is 48.9 Å². The highest BCUT2D eigenvalue weighted by Crippen LogP contribution is 2.25. The van der Waals surface area contributed by atoms with Crippen LogP contribution in [0.15, 0.2) is 36.5 Å². The van der Waals surface area contributed by atoms with Gasteiger partial charge < -0.3 is 9.88 Å². The van der Waals surface area contributed by atoms with Gasteiger partial charge in [-0.3, -0.25) is 10.1 Å². The van der Waals surface area contributed by atoms with Crippen LogP contribution >= 0.6 is 0 Å². The Morgan fingerprint density at radius 3 is 2.94 bits per heavy atom. The molecule has 0 fully saturated rings. The molecule has 1 aliphatic rings. The first-order valence-electron chi connectivity index (χ1n) is 5.91. The Bertz CT molecular complexity index is 643. The van der Waals surface area contributed by atoms with Gasteiger partial charge in [0.1, 0.15) is 0 Å². The van der Waals surface area contributed by atoms with E-state index >= 15 is 0 Å². The minimum absolute atomic E-state index is 0.138. The van der Waals surface area contributed by atoms with Crippen molar-refractivity contribution in [2.45, 2.75) is 6.42 Å². The van der Waals surface area contributed by atoms with Gasteiger partial charge in [0.05, 0.1) is 10.4 Å². The van der Waals surface area contributed by atoms with E-state index in [-0.39, 0.29) is 10.6 Å². The van der Waals surface area contributed by atoms with E-state index in [2.05, 4.69) is 16.0 Å². The molecule has 0 bridgehead atoms. The zero-order valence-electron chi connectivity index (χ0n) is 9.80. The third-order valence-electron chi connectivity index (χ3n) is 3.23. The molecule has 0 atom stereocenters. The van der Waals surface area contributed by atoms with Crippen LogP contribution in [0, 0.1) is 10.1 Å². The third-order valence-corrected chi connectivity index (χ3v) is 3.23. The van der Waals surface area contributed by atoms with Crippen LogP contribution in [0.4, 0.5) is 5.69 Å². The molecule has 2 aromatic rings. The summed E-state index contributed by atoms with van der Waals surface area (Å²) in [6, 6.07) is 6.91. The zero-order chi connectivity index (χ0) is 12.5. The van der Waals surface area contributed by atoms with E-state index in [0.717, 1.165) is 30.4 Å². The molecule has 0 amide bonds. The summed E-state index contributed by atoms with van der Waals surface area (Å²) in [5.41, 5.74) is 2.41. The molecule has 1 N–H and O–H groups in total. The van der Waals surface area contributed by atoms with E-state index in [1.165, 1.54) is 5.70 Å². The fourth-order valence-electron chi connectivity index (χ4n) is 2.32. The maximum Gasteiger partial charge on any atom is 0.270 e. The minimum atomic E-state index is -0.361. The Labute approximate surface area is 104 Å². The molecule has 1 aromatic heterocycles. The van der Waals surface area contributed by atoms with Gasteiger partial charge in [0.2, 0.25) is 0 Å². The summed E-state index contributed by atoms with van der Waals surface area (Å²) >= 11 is 0. The zero-order valence-corrected chi connectivity index (χ0v) is 9.80. The monoisotopic (exact) mass is 243 g/mol. The average molecular weight is 243 g/mol. The van der Waals surface area contributed by atoms with Crippen LogP contribution in [-0.2, 0) is 0 Å². The normalized spacial score (nSPS) is 15.7. The molecule has 5 nitrogen and oxygen atoms in total. The molecule has 0 saturated heterocycles. The van der Waals surface area contributed by atoms with Gasteiger partial charge in [-0.05, 0) is 12.1 Å². The molecule has 0 aliphatic carbocycles. The van der Waals surface area contributed by atoms with Crippen LogP contribution in [-0.4, -0.2) is 22.6 Å². The molecular formula is C13H13N3O2. The summed E-state index contributed by atoms with van der Waals surface area (Å²) in [4.78, 5) is 10.4. The highest BCUT2D eigenvalue weighted by Gasteiger charge is 2.11. The standard InChI is InChI=1S/C13H13N3O2/c17-16(18)12-1-2-13-10(9-12)5-8-15(13)11-3-6-14-7-4-11/h1-3,5,8-9,14H,4,6-7H2. The second-order valence-corrected chi connectivity index (χ2v) is 4.34. The maximum atomic E-state index is 10.7. The first-order chi connectivity index (χ1) is 8.75. The van der Waals surface area contributed by atoms with E-state index in [1.807, 2.05) is 18.3 Å². The minimum Gasteiger partial charge on any atom is -0.321 e. The van der Waals surface area contributed by atoms with E-state index in [4.69, 9.17) is 0 Å². The summed E-state index contributed by atoms with van der Waals surface area (Å²) < 4.78 is 2.11. The molecule has 18 heavy (non-hydrogen) atoms. The van der Waals surface area contributed by atoms with Crippen molar-refractivity contribution in [3.8, 4) is 0 Å². The predicted molar refractivity (Wildman–Crippen MR) is 70.4 cm³/mol. The smallest absolute Gasteiger partial charge is 0.270 e. The summed E-state index contributed by atoms with van der Waals surface area (Å²) in [5.74, 6) is 0. The number of fused-ring (bicyclic) bond motifs is 1. The second-order valence-electron chi connectivity index (χ2n) is 4.34. The fourth-order valence-corrected chi connectivity index (χ4v) is 2.32. The van der Waals surface area contributed by atoms with Gasteiger partial charge in [-0.2, -0.15) is 0 Å².